The van der Waals surface area contributed by atoms with Gasteiger partial charge in [-0.1, -0.05) is 15.9 Å². The molecule has 0 radical (unpaired) electrons. The molecule has 0 N–H and O–H groups in total. The fraction of sp³-hybridized carbons (Fsp3) is 0.0714. The molecular weight excluding hydrogens is 311 g/mol. The van der Waals surface area contributed by atoms with Crippen LogP contribution in [0.25, 0.3) is 16.9 Å². The lowest BCUT2D eigenvalue weighted by Gasteiger charge is -2.01. The first-order valence-electron chi connectivity index (χ1n) is 5.70. The molecule has 0 aliphatic rings. The second-order valence-electron chi connectivity index (χ2n) is 4.01. The van der Waals surface area contributed by atoms with Crippen molar-refractivity contribution in [3.8, 4) is 17.0 Å². The third kappa shape index (κ3) is 2.46. The van der Waals surface area contributed by atoms with Crippen LogP contribution in [0.3, 0.4) is 0 Å². The minimum atomic E-state index is -0.818. The van der Waals surface area contributed by atoms with E-state index in [2.05, 4.69) is 20.9 Å². The first-order valence-corrected chi connectivity index (χ1v) is 6.49. The van der Waals surface area contributed by atoms with Crippen LogP contribution in [-0.4, -0.2) is 16.2 Å². The smallest absolute Gasteiger partial charge is 0.228 e. The van der Waals surface area contributed by atoms with Crippen molar-refractivity contribution in [3.05, 3.63) is 53.3 Å². The molecule has 0 saturated heterocycles. The summed E-state index contributed by atoms with van der Waals surface area (Å²) in [6, 6.07) is 11.1. The molecular formula is C14H10BrFN2O. The van der Waals surface area contributed by atoms with Crippen LogP contribution in [0.1, 0.15) is 0 Å². The van der Waals surface area contributed by atoms with E-state index in [0.29, 0.717) is 5.75 Å². The van der Waals surface area contributed by atoms with E-state index < -0.39 is 6.86 Å². The van der Waals surface area contributed by atoms with Gasteiger partial charge in [0.15, 0.2) is 0 Å². The minimum Gasteiger partial charge on any atom is -0.463 e. The van der Waals surface area contributed by atoms with Crippen molar-refractivity contribution in [1.82, 2.24) is 9.38 Å². The number of pyridine rings is 1. The van der Waals surface area contributed by atoms with Crippen molar-refractivity contribution in [2.75, 3.05) is 6.86 Å². The molecule has 0 saturated carbocycles. The Morgan fingerprint density at radius 3 is 2.74 bits per heavy atom. The number of hydrogen-bond acceptors (Lipinski definition) is 2. The summed E-state index contributed by atoms with van der Waals surface area (Å²) in [7, 11) is 0. The van der Waals surface area contributed by atoms with Gasteiger partial charge in [-0.15, -0.1) is 0 Å². The van der Waals surface area contributed by atoms with Crippen LogP contribution in [0.5, 0.6) is 5.75 Å². The second-order valence-corrected chi connectivity index (χ2v) is 4.93. The van der Waals surface area contributed by atoms with E-state index in [1.54, 1.807) is 12.1 Å². The van der Waals surface area contributed by atoms with Crippen LogP contribution in [0.15, 0.2) is 53.3 Å². The first kappa shape index (κ1) is 12.2. The van der Waals surface area contributed by atoms with Crippen LogP contribution < -0.4 is 4.74 Å². The summed E-state index contributed by atoms with van der Waals surface area (Å²) < 4.78 is 19.8. The van der Waals surface area contributed by atoms with Gasteiger partial charge in [-0.05, 0) is 36.4 Å². The van der Waals surface area contributed by atoms with E-state index in [1.807, 2.05) is 41.1 Å². The summed E-state index contributed by atoms with van der Waals surface area (Å²) in [5.74, 6) is 0.512. The molecule has 0 unspecified atom stereocenters. The molecule has 0 atom stereocenters. The standard InChI is InChI=1S/C14H10BrFN2O/c15-11-5-6-18-8-13(17-14(18)7-11)10-1-3-12(4-2-10)19-9-16/h1-8H,9H2. The van der Waals surface area contributed by atoms with Crippen LogP contribution >= 0.6 is 15.9 Å². The van der Waals surface area contributed by atoms with Gasteiger partial charge in [-0.2, -0.15) is 0 Å². The molecule has 96 valence electrons. The Labute approximate surface area is 117 Å². The molecule has 2 aromatic heterocycles. The van der Waals surface area contributed by atoms with E-state index in [4.69, 9.17) is 4.74 Å². The summed E-state index contributed by atoms with van der Waals surface area (Å²) in [4.78, 5) is 4.54. The van der Waals surface area contributed by atoms with Gasteiger partial charge in [-0.25, -0.2) is 9.37 Å². The van der Waals surface area contributed by atoms with Gasteiger partial charge in [-0.3, -0.25) is 0 Å². The molecule has 5 heteroatoms. The molecule has 0 amide bonds. The van der Waals surface area contributed by atoms with Crippen molar-refractivity contribution in [1.29, 1.82) is 0 Å². The average molecular weight is 321 g/mol. The molecule has 19 heavy (non-hydrogen) atoms. The van der Waals surface area contributed by atoms with Crippen molar-refractivity contribution in [2.24, 2.45) is 0 Å². The van der Waals surface area contributed by atoms with E-state index in [9.17, 15) is 4.39 Å². The number of aromatic nitrogens is 2. The van der Waals surface area contributed by atoms with Crippen LogP contribution in [0, 0.1) is 0 Å². The highest BCUT2D eigenvalue weighted by atomic mass is 79.9. The topological polar surface area (TPSA) is 26.5 Å². The molecule has 3 nitrogen and oxygen atoms in total. The average Bonchev–Trinajstić information content (AvgIpc) is 2.83. The van der Waals surface area contributed by atoms with E-state index >= 15 is 0 Å². The zero-order valence-electron chi connectivity index (χ0n) is 9.88. The Morgan fingerprint density at radius 2 is 2.00 bits per heavy atom. The Bertz CT molecular complexity index is 709. The highest BCUT2D eigenvalue weighted by molar-refractivity contribution is 9.10. The fourth-order valence-corrected chi connectivity index (χ4v) is 2.20. The van der Waals surface area contributed by atoms with Crippen LogP contribution in [0.4, 0.5) is 4.39 Å². The summed E-state index contributed by atoms with van der Waals surface area (Å²) in [5.41, 5.74) is 2.70. The number of benzene rings is 1. The van der Waals surface area contributed by atoms with E-state index in [-0.39, 0.29) is 0 Å². The maximum Gasteiger partial charge on any atom is 0.228 e. The molecule has 0 aliphatic carbocycles. The molecule has 3 aromatic rings. The number of imidazole rings is 1. The molecule has 0 spiro atoms. The number of rotatable bonds is 3. The number of halogens is 2. The lowest BCUT2D eigenvalue weighted by Crippen LogP contribution is -1.89. The van der Waals surface area contributed by atoms with Gasteiger partial charge in [0.1, 0.15) is 11.4 Å². The summed E-state index contributed by atoms with van der Waals surface area (Å²) in [6.45, 7) is -0.818. The highest BCUT2D eigenvalue weighted by Crippen LogP contribution is 2.23. The van der Waals surface area contributed by atoms with E-state index in [0.717, 1.165) is 21.4 Å². The monoisotopic (exact) mass is 320 g/mol. The normalized spacial score (nSPS) is 10.8. The largest absolute Gasteiger partial charge is 0.463 e. The number of hydrogen-bond donors (Lipinski definition) is 0. The molecule has 0 aliphatic heterocycles. The lowest BCUT2D eigenvalue weighted by molar-refractivity contribution is 0.192. The Morgan fingerprint density at radius 1 is 1.21 bits per heavy atom. The van der Waals surface area contributed by atoms with Gasteiger partial charge in [0.2, 0.25) is 6.86 Å². The zero-order valence-corrected chi connectivity index (χ0v) is 11.5. The third-order valence-electron chi connectivity index (χ3n) is 2.79. The Hall–Kier alpha value is -1.88. The Kier molecular flexibility index (Phi) is 3.21. The molecule has 0 bridgehead atoms. The van der Waals surface area contributed by atoms with Crippen molar-refractivity contribution >= 4 is 21.6 Å². The second kappa shape index (κ2) is 5.01. The van der Waals surface area contributed by atoms with Crippen LogP contribution in [0.2, 0.25) is 0 Å². The molecule has 3 rings (SSSR count). The quantitative estimate of drug-likeness (QED) is 0.727. The van der Waals surface area contributed by atoms with Crippen molar-refractivity contribution in [2.45, 2.75) is 0 Å². The first-order chi connectivity index (χ1) is 9.26. The summed E-state index contributed by atoms with van der Waals surface area (Å²) in [6.07, 6.45) is 3.89. The van der Waals surface area contributed by atoms with Crippen LogP contribution in [-0.2, 0) is 0 Å². The highest BCUT2D eigenvalue weighted by Gasteiger charge is 2.05. The van der Waals surface area contributed by atoms with E-state index in [1.165, 1.54) is 0 Å². The van der Waals surface area contributed by atoms with Gasteiger partial charge in [0.05, 0.1) is 5.69 Å². The predicted octanol–water partition coefficient (Wildman–Crippen LogP) is 4.07. The minimum absolute atomic E-state index is 0.512. The molecule has 0 fully saturated rings. The zero-order chi connectivity index (χ0) is 13.2. The van der Waals surface area contributed by atoms with Crippen molar-refractivity contribution < 1.29 is 9.13 Å². The lowest BCUT2D eigenvalue weighted by atomic mass is 10.2. The number of alkyl halides is 1. The van der Waals surface area contributed by atoms with Gasteiger partial charge >= 0.3 is 0 Å². The van der Waals surface area contributed by atoms with Gasteiger partial charge in [0, 0.05) is 22.4 Å². The number of nitrogens with zero attached hydrogens (tertiary/aromatic N) is 2. The Balaban J connectivity index is 1.99. The van der Waals surface area contributed by atoms with Gasteiger partial charge < -0.3 is 9.14 Å². The van der Waals surface area contributed by atoms with Crippen molar-refractivity contribution in [3.63, 3.8) is 0 Å². The fourth-order valence-electron chi connectivity index (χ4n) is 1.88. The predicted molar refractivity (Wildman–Crippen MR) is 74.9 cm³/mol. The maximum atomic E-state index is 12.0. The molecule has 2 heterocycles. The number of fused-ring (bicyclic) bond motifs is 1. The number of ether oxygens (including phenoxy) is 1. The third-order valence-corrected chi connectivity index (χ3v) is 3.29. The SMILES string of the molecule is FCOc1ccc(-c2cn3ccc(Br)cc3n2)cc1. The molecule has 1 aromatic carbocycles. The van der Waals surface area contributed by atoms with Gasteiger partial charge in [0.25, 0.3) is 0 Å². The summed E-state index contributed by atoms with van der Waals surface area (Å²) >= 11 is 3.42. The summed E-state index contributed by atoms with van der Waals surface area (Å²) in [5, 5.41) is 0. The maximum absolute atomic E-state index is 12.0.